The number of hydrogen-bond acceptors (Lipinski definition) is 4. The summed E-state index contributed by atoms with van der Waals surface area (Å²) in [4.78, 5) is 24.2. The van der Waals surface area contributed by atoms with E-state index in [9.17, 15) is 23.5 Å². The van der Waals surface area contributed by atoms with Crippen molar-refractivity contribution in [2.24, 2.45) is 0 Å². The fourth-order valence-corrected chi connectivity index (χ4v) is 2.15. The molecule has 0 radical (unpaired) electrons. The van der Waals surface area contributed by atoms with E-state index in [2.05, 4.69) is 0 Å². The molecule has 0 aliphatic heterocycles. The Balaban J connectivity index is 2.06. The second kappa shape index (κ2) is 9.33. The fourth-order valence-electron chi connectivity index (χ4n) is 2.15. The highest BCUT2D eigenvalue weighted by Crippen LogP contribution is 2.12. The van der Waals surface area contributed by atoms with Crippen LogP contribution in [0.3, 0.4) is 0 Å². The third kappa shape index (κ3) is 6.43. The number of aliphatic hydroxyl groups is 1. The van der Waals surface area contributed by atoms with E-state index >= 15 is 0 Å². The van der Waals surface area contributed by atoms with E-state index in [1.807, 2.05) is 0 Å². The molecule has 0 atom stereocenters. The molecule has 2 N–H and O–H groups in total. The minimum atomic E-state index is -1.63. The van der Waals surface area contributed by atoms with Gasteiger partial charge in [-0.25, -0.2) is 13.6 Å². The van der Waals surface area contributed by atoms with E-state index in [1.54, 1.807) is 0 Å². The van der Waals surface area contributed by atoms with Gasteiger partial charge in [0.25, 0.3) is 5.91 Å². The van der Waals surface area contributed by atoms with Crippen LogP contribution in [-0.4, -0.2) is 40.1 Å². The summed E-state index contributed by atoms with van der Waals surface area (Å²) in [5, 5.41) is 18.0. The van der Waals surface area contributed by atoms with Gasteiger partial charge in [0.1, 0.15) is 24.0 Å². The first-order valence-corrected chi connectivity index (χ1v) is 7.91. The number of amides is 1. The van der Waals surface area contributed by atoms with E-state index in [-0.39, 0.29) is 19.7 Å². The molecule has 1 amide bonds. The van der Waals surface area contributed by atoms with Gasteiger partial charge >= 0.3 is 5.97 Å². The number of nitrogens with zero attached hydrogens (tertiary/aromatic N) is 1. The topological polar surface area (TPSA) is 87.1 Å². The molecule has 0 aliphatic carbocycles. The van der Waals surface area contributed by atoms with Gasteiger partial charge in [-0.1, -0.05) is 12.1 Å². The number of carbonyl (C=O) groups is 2. The summed E-state index contributed by atoms with van der Waals surface area (Å²) < 4.78 is 31.3. The van der Waals surface area contributed by atoms with Crippen molar-refractivity contribution in [2.45, 2.75) is 6.54 Å². The molecular weight excluding hydrogens is 360 g/mol. The SMILES string of the molecule is O=C(O)C(O)=CC(=O)N(CCOc1ccc(F)cc1)Cc1ccc(F)cc1. The van der Waals surface area contributed by atoms with E-state index in [4.69, 9.17) is 9.84 Å². The first-order chi connectivity index (χ1) is 12.8. The van der Waals surface area contributed by atoms with Gasteiger partial charge in [0.05, 0.1) is 12.6 Å². The van der Waals surface area contributed by atoms with Crippen LogP contribution in [0.2, 0.25) is 0 Å². The molecule has 0 bridgehead atoms. The minimum Gasteiger partial charge on any atom is -0.502 e. The lowest BCUT2D eigenvalue weighted by Gasteiger charge is -2.21. The summed E-state index contributed by atoms with van der Waals surface area (Å²) in [6, 6.07) is 10.7. The highest BCUT2D eigenvalue weighted by Gasteiger charge is 2.16. The fraction of sp³-hybridized carbons (Fsp3) is 0.158. The van der Waals surface area contributed by atoms with E-state index in [0.717, 1.165) is 0 Å². The Kier molecular flexibility index (Phi) is 6.87. The molecule has 0 fully saturated rings. The molecule has 27 heavy (non-hydrogen) atoms. The number of carbonyl (C=O) groups excluding carboxylic acids is 1. The van der Waals surface area contributed by atoms with Gasteiger partial charge in [0, 0.05) is 6.54 Å². The maximum Gasteiger partial charge on any atom is 0.371 e. The lowest BCUT2D eigenvalue weighted by Crippen LogP contribution is -2.33. The van der Waals surface area contributed by atoms with Crippen LogP contribution >= 0.6 is 0 Å². The Hall–Kier alpha value is -3.42. The zero-order valence-electron chi connectivity index (χ0n) is 14.1. The van der Waals surface area contributed by atoms with Crippen molar-refractivity contribution in [3.05, 3.63) is 77.6 Å². The van der Waals surface area contributed by atoms with Gasteiger partial charge < -0.3 is 19.8 Å². The summed E-state index contributed by atoms with van der Waals surface area (Å²) in [7, 11) is 0. The van der Waals surface area contributed by atoms with Crippen LogP contribution in [0.1, 0.15) is 5.56 Å². The number of carboxylic acid groups (broad SMARTS) is 1. The quantitative estimate of drug-likeness (QED) is 0.546. The van der Waals surface area contributed by atoms with Crippen molar-refractivity contribution in [3.63, 3.8) is 0 Å². The van der Waals surface area contributed by atoms with Crippen LogP contribution in [0.25, 0.3) is 0 Å². The predicted octanol–water partition coefficient (Wildman–Crippen LogP) is 2.90. The van der Waals surface area contributed by atoms with Crippen LogP contribution in [0.4, 0.5) is 8.78 Å². The highest BCUT2D eigenvalue weighted by molar-refractivity contribution is 5.96. The summed E-state index contributed by atoms with van der Waals surface area (Å²) in [5.41, 5.74) is 0.606. The number of aliphatic hydroxyl groups excluding tert-OH is 1. The molecular formula is C19H17F2NO5. The Morgan fingerprint density at radius 3 is 2.07 bits per heavy atom. The lowest BCUT2D eigenvalue weighted by atomic mass is 10.2. The average Bonchev–Trinajstić information content (AvgIpc) is 2.64. The second-order valence-electron chi connectivity index (χ2n) is 5.52. The van der Waals surface area contributed by atoms with Gasteiger partial charge in [0.15, 0.2) is 0 Å². The minimum absolute atomic E-state index is 0.0419. The van der Waals surface area contributed by atoms with Crippen LogP contribution < -0.4 is 4.74 Å². The normalized spacial score (nSPS) is 11.1. The summed E-state index contributed by atoms with van der Waals surface area (Å²) >= 11 is 0. The third-order valence-corrected chi connectivity index (χ3v) is 3.52. The van der Waals surface area contributed by atoms with E-state index < -0.39 is 29.3 Å². The second-order valence-corrected chi connectivity index (χ2v) is 5.52. The van der Waals surface area contributed by atoms with Gasteiger partial charge in [-0.3, -0.25) is 4.79 Å². The molecule has 2 aromatic carbocycles. The summed E-state index contributed by atoms with van der Waals surface area (Å²) in [5.74, 6) is -3.92. The number of hydrogen-bond donors (Lipinski definition) is 2. The van der Waals surface area contributed by atoms with Crippen molar-refractivity contribution >= 4 is 11.9 Å². The van der Waals surface area contributed by atoms with Gasteiger partial charge in [-0.2, -0.15) is 0 Å². The lowest BCUT2D eigenvalue weighted by molar-refractivity contribution is -0.136. The van der Waals surface area contributed by atoms with Crippen molar-refractivity contribution in [2.75, 3.05) is 13.2 Å². The van der Waals surface area contributed by atoms with Gasteiger partial charge in [0.2, 0.25) is 5.76 Å². The molecule has 0 heterocycles. The molecule has 2 aromatic rings. The maximum atomic E-state index is 13.0. The molecule has 2 rings (SSSR count). The molecule has 0 saturated carbocycles. The van der Waals surface area contributed by atoms with Crippen molar-refractivity contribution < 1.29 is 33.3 Å². The molecule has 0 aliphatic rings. The molecule has 0 spiro atoms. The Labute approximate surface area is 153 Å². The zero-order valence-corrected chi connectivity index (χ0v) is 14.1. The number of halogens is 2. The average molecular weight is 377 g/mol. The number of carboxylic acids is 1. The third-order valence-electron chi connectivity index (χ3n) is 3.52. The van der Waals surface area contributed by atoms with Crippen LogP contribution in [0.15, 0.2) is 60.4 Å². The van der Waals surface area contributed by atoms with Crippen LogP contribution in [0.5, 0.6) is 5.75 Å². The Bertz CT molecular complexity index is 819. The first kappa shape index (κ1) is 19.9. The first-order valence-electron chi connectivity index (χ1n) is 7.91. The molecule has 0 unspecified atom stereocenters. The van der Waals surface area contributed by atoms with Crippen molar-refractivity contribution in [1.82, 2.24) is 4.90 Å². The Morgan fingerprint density at radius 2 is 1.52 bits per heavy atom. The number of ether oxygens (including phenoxy) is 1. The van der Waals surface area contributed by atoms with Gasteiger partial charge in [-0.05, 0) is 42.0 Å². The number of benzene rings is 2. The molecule has 6 nitrogen and oxygen atoms in total. The largest absolute Gasteiger partial charge is 0.502 e. The van der Waals surface area contributed by atoms with E-state index in [1.165, 1.54) is 53.4 Å². The van der Waals surface area contributed by atoms with Gasteiger partial charge in [-0.15, -0.1) is 0 Å². The van der Waals surface area contributed by atoms with Crippen LogP contribution in [-0.2, 0) is 16.1 Å². The predicted molar refractivity (Wildman–Crippen MR) is 92.1 cm³/mol. The van der Waals surface area contributed by atoms with Crippen LogP contribution in [0, 0.1) is 11.6 Å². The maximum absolute atomic E-state index is 13.0. The molecule has 8 heteroatoms. The Morgan fingerprint density at radius 1 is 0.963 bits per heavy atom. The van der Waals surface area contributed by atoms with E-state index in [0.29, 0.717) is 17.4 Å². The summed E-state index contributed by atoms with van der Waals surface area (Å²) in [6.07, 6.45) is 0.587. The monoisotopic (exact) mass is 377 g/mol. The highest BCUT2D eigenvalue weighted by atomic mass is 19.1. The molecule has 0 aromatic heterocycles. The standard InChI is InChI=1S/C19H17F2NO5/c20-14-3-1-13(2-4-14)12-22(18(24)11-17(23)19(25)26)9-10-27-16-7-5-15(21)6-8-16/h1-8,11,23H,9-10,12H2,(H,25,26). The molecule has 142 valence electrons. The number of aliphatic carboxylic acids is 1. The van der Waals surface area contributed by atoms with Crippen molar-refractivity contribution in [1.29, 1.82) is 0 Å². The molecule has 0 saturated heterocycles. The summed E-state index contributed by atoms with van der Waals surface area (Å²) in [6.45, 7) is 0.145. The van der Waals surface area contributed by atoms with Crippen molar-refractivity contribution in [3.8, 4) is 5.75 Å². The smallest absolute Gasteiger partial charge is 0.371 e. The number of rotatable bonds is 8. The zero-order chi connectivity index (χ0) is 19.8.